The van der Waals surface area contributed by atoms with Gasteiger partial charge in [-0.3, -0.25) is 14.5 Å². The lowest BCUT2D eigenvalue weighted by Crippen LogP contribution is -2.46. The minimum atomic E-state index is -1.26. The molecule has 0 radical (unpaired) electrons. The molecule has 0 unspecified atom stereocenters. The lowest BCUT2D eigenvalue weighted by Gasteiger charge is -2.26. The lowest BCUT2D eigenvalue weighted by atomic mass is 9.88. The third-order valence-corrected chi connectivity index (χ3v) is 6.00. The molecule has 1 fully saturated rings. The summed E-state index contributed by atoms with van der Waals surface area (Å²) < 4.78 is 11.5. The molecular formula is C25H23N3O5. The van der Waals surface area contributed by atoms with E-state index in [2.05, 4.69) is 10.6 Å². The van der Waals surface area contributed by atoms with E-state index in [9.17, 15) is 14.4 Å². The number of amides is 4. The fourth-order valence-electron chi connectivity index (χ4n) is 4.28. The van der Waals surface area contributed by atoms with Crippen molar-refractivity contribution in [3.8, 4) is 11.5 Å². The molecule has 168 valence electrons. The molecule has 1 saturated heterocycles. The predicted octanol–water partition coefficient (Wildman–Crippen LogP) is 2.56. The number of nitrogens with one attached hydrogen (secondary N) is 2. The second-order valence-corrected chi connectivity index (χ2v) is 8.27. The molecule has 3 aromatic rings. The highest BCUT2D eigenvalue weighted by atomic mass is 16.6. The van der Waals surface area contributed by atoms with Crippen molar-refractivity contribution >= 4 is 28.6 Å². The molecule has 8 heteroatoms. The average molecular weight is 445 g/mol. The summed E-state index contributed by atoms with van der Waals surface area (Å²) >= 11 is 0. The zero-order valence-electron chi connectivity index (χ0n) is 18.0. The Morgan fingerprint density at radius 1 is 1.06 bits per heavy atom. The molecule has 4 amide bonds. The zero-order chi connectivity index (χ0) is 23.0. The van der Waals surface area contributed by atoms with Crippen LogP contribution in [0.5, 0.6) is 11.5 Å². The van der Waals surface area contributed by atoms with E-state index < -0.39 is 23.4 Å². The van der Waals surface area contributed by atoms with Gasteiger partial charge in [0.1, 0.15) is 24.8 Å². The second-order valence-electron chi connectivity index (χ2n) is 8.27. The highest BCUT2D eigenvalue weighted by Gasteiger charge is 2.50. The minimum absolute atomic E-state index is 0.192. The summed E-state index contributed by atoms with van der Waals surface area (Å²) in [5.41, 5.74) is -0.573. The van der Waals surface area contributed by atoms with E-state index in [-0.39, 0.29) is 19.2 Å². The van der Waals surface area contributed by atoms with Gasteiger partial charge in [0.15, 0.2) is 11.5 Å². The van der Waals surface area contributed by atoms with Gasteiger partial charge in [-0.15, -0.1) is 0 Å². The Morgan fingerprint density at radius 2 is 1.79 bits per heavy atom. The normalized spacial score (nSPS) is 21.7. The second kappa shape index (κ2) is 8.12. The summed E-state index contributed by atoms with van der Waals surface area (Å²) in [5, 5.41) is 7.34. The fourth-order valence-corrected chi connectivity index (χ4v) is 4.28. The van der Waals surface area contributed by atoms with Crippen molar-refractivity contribution in [2.75, 3.05) is 19.7 Å². The molecule has 0 saturated carbocycles. The molecule has 0 aromatic heterocycles. The third-order valence-electron chi connectivity index (χ3n) is 6.00. The number of hydrogen-bond acceptors (Lipinski definition) is 5. The Balaban J connectivity index is 1.25. The van der Waals surface area contributed by atoms with Crippen LogP contribution in [0.2, 0.25) is 0 Å². The standard InChI is InChI=1S/C25H23N3O5/c1-25(19-10-6-8-16-7-2-3-9-18(16)19)23(30)28(24(31)27-25)14-22(29)26-13-17-15-32-20-11-4-5-12-21(20)33-17/h2-12,17H,13-15H2,1H3,(H,26,29)(H,27,31)/t17-,25+/m0/s1. The zero-order valence-corrected chi connectivity index (χ0v) is 18.0. The summed E-state index contributed by atoms with van der Waals surface area (Å²) in [6.07, 6.45) is -0.368. The number of nitrogens with zero attached hydrogens (tertiary/aromatic N) is 1. The molecule has 33 heavy (non-hydrogen) atoms. The van der Waals surface area contributed by atoms with Crippen molar-refractivity contribution < 1.29 is 23.9 Å². The van der Waals surface area contributed by atoms with Crippen molar-refractivity contribution in [3.63, 3.8) is 0 Å². The Kier molecular flexibility index (Phi) is 5.12. The van der Waals surface area contributed by atoms with Gasteiger partial charge in [-0.25, -0.2) is 4.79 Å². The monoisotopic (exact) mass is 445 g/mol. The number of hydrogen-bond donors (Lipinski definition) is 2. The van der Waals surface area contributed by atoms with Crippen LogP contribution < -0.4 is 20.1 Å². The van der Waals surface area contributed by atoms with Gasteiger partial charge in [-0.2, -0.15) is 0 Å². The molecule has 5 rings (SSSR count). The largest absolute Gasteiger partial charge is 0.486 e. The van der Waals surface area contributed by atoms with E-state index >= 15 is 0 Å². The summed E-state index contributed by atoms with van der Waals surface area (Å²) in [6.45, 7) is 1.77. The van der Waals surface area contributed by atoms with Gasteiger partial charge >= 0.3 is 6.03 Å². The first-order valence-electron chi connectivity index (χ1n) is 10.7. The van der Waals surface area contributed by atoms with Crippen LogP contribution in [-0.2, 0) is 15.1 Å². The number of ether oxygens (including phenoxy) is 2. The highest BCUT2D eigenvalue weighted by molar-refractivity contribution is 6.10. The first kappa shape index (κ1) is 20.8. The molecular weight excluding hydrogens is 422 g/mol. The maximum Gasteiger partial charge on any atom is 0.325 e. The number of imide groups is 1. The van der Waals surface area contributed by atoms with Gasteiger partial charge in [0.05, 0.1) is 6.54 Å². The summed E-state index contributed by atoms with van der Waals surface area (Å²) in [4.78, 5) is 39.4. The van der Waals surface area contributed by atoms with Crippen LogP contribution in [0.3, 0.4) is 0 Å². The molecule has 0 aliphatic carbocycles. The van der Waals surface area contributed by atoms with E-state index in [1.807, 2.05) is 60.7 Å². The summed E-state index contributed by atoms with van der Waals surface area (Å²) in [5.74, 6) is 0.350. The predicted molar refractivity (Wildman–Crippen MR) is 121 cm³/mol. The Hall–Kier alpha value is -4.07. The Labute approximate surface area is 190 Å². The van der Waals surface area contributed by atoms with Crippen LogP contribution in [0.15, 0.2) is 66.7 Å². The van der Waals surface area contributed by atoms with Crippen LogP contribution in [0.4, 0.5) is 4.79 Å². The van der Waals surface area contributed by atoms with E-state index in [4.69, 9.17) is 9.47 Å². The van der Waals surface area contributed by atoms with Gasteiger partial charge < -0.3 is 20.1 Å². The minimum Gasteiger partial charge on any atom is -0.486 e. The quantitative estimate of drug-likeness (QED) is 0.589. The van der Waals surface area contributed by atoms with E-state index in [1.54, 1.807) is 13.0 Å². The van der Waals surface area contributed by atoms with Crippen molar-refractivity contribution in [1.29, 1.82) is 0 Å². The number of benzene rings is 3. The molecule has 2 atom stereocenters. The SMILES string of the molecule is C[C@]1(c2cccc3ccccc23)NC(=O)N(CC(=O)NC[C@H]2COc3ccccc3O2)C1=O. The number of rotatable bonds is 5. The van der Waals surface area contributed by atoms with Crippen LogP contribution in [0.25, 0.3) is 10.8 Å². The smallest absolute Gasteiger partial charge is 0.325 e. The maximum atomic E-state index is 13.3. The van der Waals surface area contributed by atoms with Gasteiger partial charge in [-0.05, 0) is 35.4 Å². The van der Waals surface area contributed by atoms with Crippen LogP contribution in [-0.4, -0.2) is 48.5 Å². The molecule has 2 aliphatic rings. The van der Waals surface area contributed by atoms with E-state index in [0.717, 1.165) is 15.7 Å². The van der Waals surface area contributed by atoms with Crippen LogP contribution in [0, 0.1) is 0 Å². The number of fused-ring (bicyclic) bond motifs is 2. The summed E-state index contributed by atoms with van der Waals surface area (Å²) in [6, 6.07) is 20.0. The maximum absolute atomic E-state index is 13.3. The van der Waals surface area contributed by atoms with Crippen molar-refractivity contribution in [1.82, 2.24) is 15.5 Å². The first-order valence-corrected chi connectivity index (χ1v) is 10.7. The van der Waals surface area contributed by atoms with Crippen molar-refractivity contribution in [2.45, 2.75) is 18.6 Å². The van der Waals surface area contributed by atoms with Gasteiger partial charge in [0.2, 0.25) is 5.91 Å². The molecule has 8 nitrogen and oxygen atoms in total. The Bertz CT molecular complexity index is 1250. The molecule has 3 aromatic carbocycles. The first-order chi connectivity index (χ1) is 16.0. The van der Waals surface area contributed by atoms with E-state index in [0.29, 0.717) is 23.7 Å². The lowest BCUT2D eigenvalue weighted by molar-refractivity contribution is -0.134. The molecule has 0 spiro atoms. The number of urea groups is 1. The van der Waals surface area contributed by atoms with Gasteiger partial charge in [0.25, 0.3) is 5.91 Å². The van der Waals surface area contributed by atoms with E-state index in [1.165, 1.54) is 0 Å². The number of carbonyl (C=O) groups is 3. The number of para-hydroxylation sites is 2. The Morgan fingerprint density at radius 3 is 2.64 bits per heavy atom. The topological polar surface area (TPSA) is 97.0 Å². The van der Waals surface area contributed by atoms with Gasteiger partial charge in [0, 0.05) is 0 Å². The van der Waals surface area contributed by atoms with Crippen molar-refractivity contribution in [3.05, 3.63) is 72.3 Å². The molecule has 2 aliphatic heterocycles. The third kappa shape index (κ3) is 3.73. The molecule has 2 heterocycles. The highest BCUT2D eigenvalue weighted by Crippen LogP contribution is 2.34. The van der Waals surface area contributed by atoms with Crippen LogP contribution >= 0.6 is 0 Å². The molecule has 2 N–H and O–H groups in total. The molecule has 0 bridgehead atoms. The van der Waals surface area contributed by atoms with Crippen LogP contribution in [0.1, 0.15) is 12.5 Å². The summed E-state index contributed by atoms with van der Waals surface area (Å²) in [7, 11) is 0. The average Bonchev–Trinajstić information content (AvgIpc) is 3.06. The fraction of sp³-hybridized carbons (Fsp3) is 0.240. The van der Waals surface area contributed by atoms with Gasteiger partial charge in [-0.1, -0.05) is 54.6 Å². The van der Waals surface area contributed by atoms with Crippen molar-refractivity contribution in [2.24, 2.45) is 0 Å². The number of carbonyl (C=O) groups excluding carboxylic acids is 3.